The number of carbonyl (C=O) groups excluding carboxylic acids is 1. The van der Waals surface area contributed by atoms with Gasteiger partial charge in [-0.15, -0.1) is 0 Å². The van der Waals surface area contributed by atoms with Gasteiger partial charge in [-0.25, -0.2) is 4.79 Å². The molecular weight excluding hydrogens is 376 g/mol. The average molecular weight is 407 g/mol. The first-order valence-electron chi connectivity index (χ1n) is 11.2. The molecule has 1 aliphatic carbocycles. The molecule has 6 rings (SSSR count). The van der Waals surface area contributed by atoms with Gasteiger partial charge in [0.2, 0.25) is 0 Å². The lowest BCUT2D eigenvalue weighted by Gasteiger charge is -2.44. The summed E-state index contributed by atoms with van der Waals surface area (Å²) in [4.78, 5) is 15.1. The zero-order valence-corrected chi connectivity index (χ0v) is 17.6. The fraction of sp³-hybridized carbons (Fsp3) is 0.480. The summed E-state index contributed by atoms with van der Waals surface area (Å²) < 4.78 is 11.1. The van der Waals surface area contributed by atoms with E-state index in [2.05, 4.69) is 40.5 Å². The maximum atomic E-state index is 12.7. The van der Waals surface area contributed by atoms with Crippen LogP contribution in [0.4, 0.5) is 4.79 Å². The number of amides is 1. The number of alkyl carbamates (subject to hydrolysis) is 1. The third-order valence-electron chi connectivity index (χ3n) is 7.03. The van der Waals surface area contributed by atoms with Crippen molar-refractivity contribution in [3.8, 4) is 16.9 Å². The number of ether oxygens (including phenoxy) is 2. The van der Waals surface area contributed by atoms with E-state index in [1.54, 1.807) is 7.11 Å². The van der Waals surface area contributed by atoms with Gasteiger partial charge in [0.1, 0.15) is 11.9 Å². The van der Waals surface area contributed by atoms with Gasteiger partial charge in [0, 0.05) is 6.54 Å². The van der Waals surface area contributed by atoms with Crippen molar-refractivity contribution >= 4 is 6.09 Å². The molecule has 30 heavy (non-hydrogen) atoms. The minimum Gasteiger partial charge on any atom is -0.497 e. The number of carbonyl (C=O) groups is 1. The summed E-state index contributed by atoms with van der Waals surface area (Å²) in [6.07, 6.45) is 5.18. The van der Waals surface area contributed by atoms with Crippen molar-refractivity contribution < 1.29 is 14.3 Å². The Labute approximate surface area is 178 Å². The molecule has 0 spiro atoms. The Balaban J connectivity index is 1.27. The second kappa shape index (κ2) is 8.31. The van der Waals surface area contributed by atoms with Crippen molar-refractivity contribution in [3.05, 3.63) is 53.6 Å². The number of nitrogens with one attached hydrogen (secondary N) is 1. The van der Waals surface area contributed by atoms with Gasteiger partial charge in [-0.2, -0.15) is 0 Å². The minimum absolute atomic E-state index is 0.0345. The van der Waals surface area contributed by atoms with Crippen LogP contribution in [0.15, 0.2) is 42.5 Å². The average Bonchev–Trinajstić information content (AvgIpc) is 2.80. The highest BCUT2D eigenvalue weighted by molar-refractivity contribution is 5.69. The molecule has 3 aliphatic heterocycles. The highest BCUT2D eigenvalue weighted by atomic mass is 16.6. The fourth-order valence-corrected chi connectivity index (χ4v) is 5.29. The van der Waals surface area contributed by atoms with E-state index in [4.69, 9.17) is 9.47 Å². The molecule has 1 unspecified atom stereocenters. The Hall–Kier alpha value is -2.53. The van der Waals surface area contributed by atoms with Gasteiger partial charge in [0.25, 0.3) is 0 Å². The van der Waals surface area contributed by atoms with Crippen LogP contribution in [-0.4, -0.2) is 43.8 Å². The third-order valence-corrected chi connectivity index (χ3v) is 7.03. The predicted octanol–water partition coefficient (Wildman–Crippen LogP) is 4.56. The second-order valence-corrected chi connectivity index (χ2v) is 8.81. The number of hydrogen-bond donors (Lipinski definition) is 1. The molecule has 5 nitrogen and oxygen atoms in total. The van der Waals surface area contributed by atoms with Gasteiger partial charge in [-0.1, -0.05) is 30.3 Å². The smallest absolute Gasteiger partial charge is 0.407 e. The lowest BCUT2D eigenvalue weighted by molar-refractivity contribution is -0.0340. The Kier molecular flexibility index (Phi) is 5.38. The SMILES string of the molecule is COc1ccc(-c2ccc3c(c2)CCCC3NC(=O)O[C@H]2CN3CCC2CC3)cc1. The zero-order valence-electron chi connectivity index (χ0n) is 17.6. The maximum absolute atomic E-state index is 12.7. The summed E-state index contributed by atoms with van der Waals surface area (Å²) in [5, 5.41) is 3.16. The molecule has 0 radical (unpaired) electrons. The van der Waals surface area contributed by atoms with Gasteiger partial charge < -0.3 is 14.8 Å². The Bertz CT molecular complexity index is 903. The zero-order chi connectivity index (χ0) is 20.5. The molecular formula is C25H30N2O3. The first kappa shape index (κ1) is 19.4. The molecule has 2 atom stereocenters. The molecule has 0 aromatic heterocycles. The van der Waals surface area contributed by atoms with Crippen molar-refractivity contribution in [2.24, 2.45) is 5.92 Å². The monoisotopic (exact) mass is 406 g/mol. The van der Waals surface area contributed by atoms with Crippen LogP contribution >= 0.6 is 0 Å². The fourth-order valence-electron chi connectivity index (χ4n) is 5.29. The van der Waals surface area contributed by atoms with Crippen LogP contribution in [0.25, 0.3) is 11.1 Å². The number of hydrogen-bond acceptors (Lipinski definition) is 4. The standard InChI is InChI=1S/C25H30N2O3/c1-29-21-8-5-17(6-9-21)19-7-10-22-20(15-19)3-2-4-23(22)26-25(28)30-24-16-27-13-11-18(24)12-14-27/h5-10,15,18,23-24H,2-4,11-14,16H2,1H3,(H,26,28)/t23?,24-/m0/s1. The topological polar surface area (TPSA) is 50.8 Å². The first-order chi connectivity index (χ1) is 14.7. The predicted molar refractivity (Wildman–Crippen MR) is 117 cm³/mol. The van der Waals surface area contributed by atoms with Gasteiger partial charge >= 0.3 is 6.09 Å². The van der Waals surface area contributed by atoms with Gasteiger partial charge in [0.05, 0.1) is 13.2 Å². The normalized spacial score (nSPS) is 27.2. The number of nitrogens with zero attached hydrogens (tertiary/aromatic N) is 1. The largest absolute Gasteiger partial charge is 0.497 e. The van der Waals surface area contributed by atoms with Crippen molar-refractivity contribution in [2.45, 2.75) is 44.2 Å². The van der Waals surface area contributed by atoms with Crippen LogP contribution in [0.2, 0.25) is 0 Å². The Morgan fingerprint density at radius 1 is 1.03 bits per heavy atom. The van der Waals surface area contributed by atoms with E-state index in [0.29, 0.717) is 5.92 Å². The summed E-state index contributed by atoms with van der Waals surface area (Å²) in [7, 11) is 1.68. The quantitative estimate of drug-likeness (QED) is 0.809. The van der Waals surface area contributed by atoms with Crippen molar-refractivity contribution in [1.29, 1.82) is 0 Å². The van der Waals surface area contributed by atoms with Crippen LogP contribution in [0.1, 0.15) is 42.9 Å². The van der Waals surface area contributed by atoms with E-state index in [1.807, 2.05) is 12.1 Å². The summed E-state index contributed by atoms with van der Waals surface area (Å²) in [5.41, 5.74) is 4.93. The molecule has 158 valence electrons. The molecule has 0 saturated carbocycles. The number of fused-ring (bicyclic) bond motifs is 4. The number of rotatable bonds is 4. The van der Waals surface area contributed by atoms with Crippen LogP contribution in [0.5, 0.6) is 5.75 Å². The van der Waals surface area contributed by atoms with E-state index in [0.717, 1.165) is 57.5 Å². The summed E-state index contributed by atoms with van der Waals surface area (Å²) >= 11 is 0. The van der Waals surface area contributed by atoms with Crippen molar-refractivity contribution in [2.75, 3.05) is 26.7 Å². The number of methoxy groups -OCH3 is 1. The van der Waals surface area contributed by atoms with Gasteiger partial charge in [-0.05, 0) is 85.5 Å². The highest BCUT2D eigenvalue weighted by Crippen LogP contribution is 2.34. The first-order valence-corrected chi connectivity index (χ1v) is 11.2. The molecule has 4 aliphatic rings. The number of benzene rings is 2. The van der Waals surface area contributed by atoms with E-state index < -0.39 is 0 Å². The Morgan fingerprint density at radius 3 is 2.50 bits per heavy atom. The summed E-state index contributed by atoms with van der Waals surface area (Å²) in [5.74, 6) is 1.40. The Morgan fingerprint density at radius 2 is 1.80 bits per heavy atom. The van der Waals surface area contributed by atoms with E-state index in [1.165, 1.54) is 22.3 Å². The van der Waals surface area contributed by atoms with E-state index >= 15 is 0 Å². The molecule has 3 heterocycles. The van der Waals surface area contributed by atoms with Crippen LogP contribution < -0.4 is 10.1 Å². The molecule has 5 heteroatoms. The molecule has 1 N–H and O–H groups in total. The van der Waals surface area contributed by atoms with Crippen LogP contribution in [-0.2, 0) is 11.2 Å². The third kappa shape index (κ3) is 3.91. The van der Waals surface area contributed by atoms with Gasteiger partial charge in [-0.3, -0.25) is 4.90 Å². The molecule has 1 amide bonds. The molecule has 2 aromatic rings. The van der Waals surface area contributed by atoms with Crippen molar-refractivity contribution in [3.63, 3.8) is 0 Å². The highest BCUT2D eigenvalue weighted by Gasteiger charge is 2.37. The molecule has 2 bridgehead atoms. The minimum atomic E-state index is -0.258. The number of aryl methyl sites for hydroxylation is 1. The molecule has 2 aromatic carbocycles. The molecule has 3 saturated heterocycles. The maximum Gasteiger partial charge on any atom is 0.407 e. The summed E-state index contributed by atoms with van der Waals surface area (Å²) in [6.45, 7) is 3.20. The van der Waals surface area contributed by atoms with Crippen molar-refractivity contribution in [1.82, 2.24) is 10.2 Å². The molecule has 3 fully saturated rings. The van der Waals surface area contributed by atoms with E-state index in [9.17, 15) is 4.79 Å². The van der Waals surface area contributed by atoms with Crippen LogP contribution in [0.3, 0.4) is 0 Å². The summed E-state index contributed by atoms with van der Waals surface area (Å²) in [6, 6.07) is 14.8. The second-order valence-electron chi connectivity index (χ2n) is 8.81. The van der Waals surface area contributed by atoms with E-state index in [-0.39, 0.29) is 18.2 Å². The van der Waals surface area contributed by atoms with Crippen LogP contribution in [0, 0.1) is 5.92 Å². The lowest BCUT2D eigenvalue weighted by Crippen LogP contribution is -2.52. The van der Waals surface area contributed by atoms with Gasteiger partial charge in [0.15, 0.2) is 0 Å². The number of piperidine rings is 3. The lowest BCUT2D eigenvalue weighted by atomic mass is 9.85.